The van der Waals surface area contributed by atoms with Crippen LogP contribution < -0.4 is 14.8 Å². The minimum Gasteiger partial charge on any atom is -0.495 e. The summed E-state index contributed by atoms with van der Waals surface area (Å²) in [5.74, 6) is -0.422. The Bertz CT molecular complexity index is 1550. The molecular formula is C25H26ClN3O6S2. The minimum absolute atomic E-state index is 0.00359. The molecule has 0 atom stereocenters. The molecule has 1 saturated heterocycles. The van der Waals surface area contributed by atoms with Gasteiger partial charge in [-0.25, -0.2) is 16.8 Å². The number of amides is 1. The average Bonchev–Trinajstić information content (AvgIpc) is 3.40. The van der Waals surface area contributed by atoms with Crippen molar-refractivity contribution in [2.24, 2.45) is 0 Å². The first-order valence-electron chi connectivity index (χ1n) is 11.4. The molecule has 3 aromatic rings. The number of anilines is 2. The summed E-state index contributed by atoms with van der Waals surface area (Å²) in [7, 11) is -6.45. The molecule has 0 unspecified atom stereocenters. The van der Waals surface area contributed by atoms with Crippen molar-refractivity contribution < 1.29 is 26.4 Å². The van der Waals surface area contributed by atoms with E-state index in [4.69, 9.17) is 16.3 Å². The van der Waals surface area contributed by atoms with E-state index in [1.807, 2.05) is 13.0 Å². The molecule has 2 N–H and O–H groups in total. The number of ether oxygens (including phenoxy) is 1. The van der Waals surface area contributed by atoms with Crippen molar-refractivity contribution in [2.45, 2.75) is 29.6 Å². The lowest BCUT2D eigenvalue weighted by Gasteiger charge is -2.17. The molecule has 0 spiro atoms. The lowest BCUT2D eigenvalue weighted by atomic mass is 10.2. The number of sulfonamides is 2. The largest absolute Gasteiger partial charge is 0.495 e. The average molecular weight is 564 g/mol. The lowest BCUT2D eigenvalue weighted by molar-refractivity contribution is 0.102. The molecule has 1 aliphatic rings. The molecule has 9 nitrogen and oxygen atoms in total. The Morgan fingerprint density at radius 3 is 2.38 bits per heavy atom. The highest BCUT2D eigenvalue weighted by Gasteiger charge is 2.28. The number of hydrogen-bond donors (Lipinski definition) is 2. The molecule has 1 aliphatic heterocycles. The van der Waals surface area contributed by atoms with Crippen LogP contribution in [0.1, 0.15) is 28.8 Å². The van der Waals surface area contributed by atoms with E-state index in [0.29, 0.717) is 18.8 Å². The van der Waals surface area contributed by atoms with Gasteiger partial charge in [-0.2, -0.15) is 4.31 Å². The van der Waals surface area contributed by atoms with Crippen molar-refractivity contribution in [1.82, 2.24) is 4.31 Å². The zero-order chi connectivity index (χ0) is 26.8. The van der Waals surface area contributed by atoms with Crippen molar-refractivity contribution in [3.8, 4) is 5.75 Å². The molecule has 1 fully saturated rings. The molecule has 1 heterocycles. The summed E-state index contributed by atoms with van der Waals surface area (Å²) in [4.78, 5) is 12.9. The van der Waals surface area contributed by atoms with Crippen LogP contribution in [-0.4, -0.2) is 47.2 Å². The van der Waals surface area contributed by atoms with Gasteiger partial charge in [0.2, 0.25) is 10.0 Å². The summed E-state index contributed by atoms with van der Waals surface area (Å²) < 4.78 is 61.2. The highest BCUT2D eigenvalue weighted by atomic mass is 35.5. The second-order valence-electron chi connectivity index (χ2n) is 8.55. The van der Waals surface area contributed by atoms with Crippen LogP contribution >= 0.6 is 11.6 Å². The first kappa shape index (κ1) is 26.9. The Morgan fingerprint density at radius 1 is 0.973 bits per heavy atom. The molecule has 4 rings (SSSR count). The Balaban J connectivity index is 1.63. The third kappa shape index (κ3) is 5.90. The van der Waals surface area contributed by atoms with E-state index in [2.05, 4.69) is 10.0 Å². The predicted octanol–water partition coefficient (Wildman–Crippen LogP) is 4.49. The third-order valence-corrected chi connectivity index (χ3v) is 9.63. The molecule has 1 amide bonds. The van der Waals surface area contributed by atoms with E-state index >= 15 is 0 Å². The minimum atomic E-state index is -4.11. The quantitative estimate of drug-likeness (QED) is 0.416. The van der Waals surface area contributed by atoms with Crippen molar-refractivity contribution in [1.29, 1.82) is 0 Å². The van der Waals surface area contributed by atoms with E-state index < -0.39 is 26.0 Å². The number of aryl methyl sites for hydroxylation is 1. The van der Waals surface area contributed by atoms with Gasteiger partial charge >= 0.3 is 0 Å². The van der Waals surface area contributed by atoms with E-state index in [1.165, 1.54) is 41.7 Å². The van der Waals surface area contributed by atoms with Gasteiger partial charge in [-0.15, -0.1) is 0 Å². The van der Waals surface area contributed by atoms with E-state index in [0.717, 1.165) is 24.5 Å². The van der Waals surface area contributed by atoms with Crippen molar-refractivity contribution in [3.05, 3.63) is 76.8 Å². The molecular weight excluding hydrogens is 538 g/mol. The van der Waals surface area contributed by atoms with Gasteiger partial charge in [0, 0.05) is 24.3 Å². The topological polar surface area (TPSA) is 122 Å². The fourth-order valence-electron chi connectivity index (χ4n) is 3.99. The summed E-state index contributed by atoms with van der Waals surface area (Å²) in [6.07, 6.45) is 1.58. The maximum absolute atomic E-state index is 13.1. The SMILES string of the molecule is COc1ccc(S(=O)(=O)N2CCCC2)cc1NC(=O)c1ccc(Cl)c(S(=O)(=O)Nc2cccc(C)c2)c1. The summed E-state index contributed by atoms with van der Waals surface area (Å²) in [5.41, 5.74) is 1.35. The van der Waals surface area contributed by atoms with Gasteiger partial charge in [0.1, 0.15) is 10.6 Å². The van der Waals surface area contributed by atoms with Crippen LogP contribution in [0.5, 0.6) is 5.75 Å². The van der Waals surface area contributed by atoms with Gasteiger partial charge in [0.15, 0.2) is 0 Å². The number of methoxy groups -OCH3 is 1. The fourth-order valence-corrected chi connectivity index (χ4v) is 7.11. The lowest BCUT2D eigenvalue weighted by Crippen LogP contribution is -2.28. The van der Waals surface area contributed by atoms with Gasteiger partial charge in [-0.1, -0.05) is 23.7 Å². The van der Waals surface area contributed by atoms with Crippen LogP contribution in [0, 0.1) is 6.92 Å². The fraction of sp³-hybridized carbons (Fsp3) is 0.240. The number of benzene rings is 3. The van der Waals surface area contributed by atoms with Crippen molar-refractivity contribution in [3.63, 3.8) is 0 Å². The molecule has 0 radical (unpaired) electrons. The first-order chi connectivity index (χ1) is 17.5. The van der Waals surface area contributed by atoms with Gasteiger partial charge < -0.3 is 10.1 Å². The van der Waals surface area contributed by atoms with Crippen LogP contribution in [0.25, 0.3) is 0 Å². The zero-order valence-corrected chi connectivity index (χ0v) is 22.6. The molecule has 3 aromatic carbocycles. The normalized spacial score (nSPS) is 14.4. The van der Waals surface area contributed by atoms with Crippen LogP contribution in [0.2, 0.25) is 5.02 Å². The Kier molecular flexibility index (Phi) is 7.79. The highest BCUT2D eigenvalue weighted by molar-refractivity contribution is 7.92. The molecule has 37 heavy (non-hydrogen) atoms. The highest BCUT2D eigenvalue weighted by Crippen LogP contribution is 2.31. The van der Waals surface area contributed by atoms with Crippen LogP contribution in [0.3, 0.4) is 0 Å². The number of halogens is 1. The molecule has 196 valence electrons. The second-order valence-corrected chi connectivity index (χ2v) is 12.5. The number of nitrogens with one attached hydrogen (secondary N) is 2. The van der Waals surface area contributed by atoms with Crippen LogP contribution in [0.15, 0.2) is 70.5 Å². The predicted molar refractivity (Wildman–Crippen MR) is 142 cm³/mol. The molecule has 0 aromatic heterocycles. The Labute approximate surface area is 221 Å². The zero-order valence-electron chi connectivity index (χ0n) is 20.2. The summed E-state index contributed by atoms with van der Waals surface area (Å²) in [6.45, 7) is 2.71. The van der Waals surface area contributed by atoms with Gasteiger partial charge in [0.25, 0.3) is 15.9 Å². The van der Waals surface area contributed by atoms with E-state index in [1.54, 1.807) is 18.2 Å². The summed E-state index contributed by atoms with van der Waals surface area (Å²) in [6, 6.07) is 14.9. The monoisotopic (exact) mass is 563 g/mol. The molecule has 12 heteroatoms. The van der Waals surface area contributed by atoms with E-state index in [9.17, 15) is 21.6 Å². The van der Waals surface area contributed by atoms with E-state index in [-0.39, 0.29) is 31.8 Å². The molecule has 0 aliphatic carbocycles. The second kappa shape index (κ2) is 10.7. The van der Waals surface area contributed by atoms with Gasteiger partial charge in [-0.3, -0.25) is 9.52 Å². The standard InChI is InChI=1S/C25H26ClN3O6S2/c1-17-6-5-7-19(14-17)28-36(31,32)24-15-18(8-10-21(24)26)25(30)27-22-16-20(9-11-23(22)35-2)37(33,34)29-12-3-4-13-29/h5-11,14-16,28H,3-4,12-13H2,1-2H3,(H,27,30). The first-order valence-corrected chi connectivity index (χ1v) is 14.7. The van der Waals surface area contributed by atoms with Crippen molar-refractivity contribution in [2.75, 3.05) is 30.2 Å². The Morgan fingerprint density at radius 2 is 1.70 bits per heavy atom. The van der Waals surface area contributed by atoms with Gasteiger partial charge in [0.05, 0.1) is 22.7 Å². The number of rotatable bonds is 8. The summed E-state index contributed by atoms with van der Waals surface area (Å²) in [5, 5.41) is 2.57. The number of nitrogens with zero attached hydrogens (tertiary/aromatic N) is 1. The molecule has 0 saturated carbocycles. The smallest absolute Gasteiger partial charge is 0.263 e. The Hall–Kier alpha value is -3.12. The van der Waals surface area contributed by atoms with Crippen molar-refractivity contribution >= 4 is 48.9 Å². The van der Waals surface area contributed by atoms with Crippen LogP contribution in [-0.2, 0) is 20.0 Å². The maximum atomic E-state index is 13.1. The number of hydrogen-bond acceptors (Lipinski definition) is 6. The number of carbonyl (C=O) groups excluding carboxylic acids is 1. The number of carbonyl (C=O) groups is 1. The van der Waals surface area contributed by atoms with Gasteiger partial charge in [-0.05, 0) is 73.9 Å². The third-order valence-electron chi connectivity index (χ3n) is 5.88. The van der Waals surface area contributed by atoms with Crippen LogP contribution in [0.4, 0.5) is 11.4 Å². The maximum Gasteiger partial charge on any atom is 0.263 e. The molecule has 0 bridgehead atoms. The summed E-state index contributed by atoms with van der Waals surface area (Å²) >= 11 is 6.18.